The van der Waals surface area contributed by atoms with E-state index in [1.165, 1.54) is 10.7 Å². The van der Waals surface area contributed by atoms with Crippen LogP contribution in [0, 0.1) is 0 Å². The van der Waals surface area contributed by atoms with Crippen LogP contribution in [-0.2, 0) is 11.3 Å². The van der Waals surface area contributed by atoms with Crippen molar-refractivity contribution in [2.24, 2.45) is 0 Å². The second-order valence-electron chi connectivity index (χ2n) is 4.73. The SMILES string of the molecule is O=C(Cn1nc(-n2cccn2)ccc1=O)N1CCCC1. The third-order valence-corrected chi connectivity index (χ3v) is 3.34. The van der Waals surface area contributed by atoms with Crippen LogP contribution in [0.4, 0.5) is 0 Å². The first-order valence-corrected chi connectivity index (χ1v) is 6.60. The zero-order valence-corrected chi connectivity index (χ0v) is 11.0. The number of carbonyl (C=O) groups excluding carboxylic acids is 1. The molecular weight excluding hydrogens is 258 g/mol. The Balaban J connectivity index is 1.83. The molecule has 0 aromatic carbocycles. The third-order valence-electron chi connectivity index (χ3n) is 3.34. The maximum absolute atomic E-state index is 12.1. The van der Waals surface area contributed by atoms with Crippen LogP contribution in [0.5, 0.6) is 0 Å². The van der Waals surface area contributed by atoms with Gasteiger partial charge < -0.3 is 4.90 Å². The molecule has 1 aliphatic heterocycles. The summed E-state index contributed by atoms with van der Waals surface area (Å²) in [6.07, 6.45) is 5.43. The summed E-state index contributed by atoms with van der Waals surface area (Å²) in [4.78, 5) is 25.6. The predicted octanol–water partition coefficient (Wildman–Crippen LogP) is 0.0514. The summed E-state index contributed by atoms with van der Waals surface area (Å²) in [7, 11) is 0. The lowest BCUT2D eigenvalue weighted by Gasteiger charge is -2.15. The monoisotopic (exact) mass is 273 g/mol. The van der Waals surface area contributed by atoms with Gasteiger partial charge in [-0.2, -0.15) is 5.10 Å². The molecule has 0 spiro atoms. The van der Waals surface area contributed by atoms with E-state index in [9.17, 15) is 9.59 Å². The number of rotatable bonds is 3. The van der Waals surface area contributed by atoms with Crippen LogP contribution in [0.25, 0.3) is 5.82 Å². The van der Waals surface area contributed by atoms with E-state index in [2.05, 4.69) is 10.2 Å². The minimum Gasteiger partial charge on any atom is -0.341 e. The number of hydrogen-bond donors (Lipinski definition) is 0. The molecule has 20 heavy (non-hydrogen) atoms. The van der Waals surface area contributed by atoms with Crippen LogP contribution in [0.2, 0.25) is 0 Å². The molecule has 0 N–H and O–H groups in total. The molecule has 1 amide bonds. The zero-order chi connectivity index (χ0) is 13.9. The number of hydrogen-bond acceptors (Lipinski definition) is 4. The molecule has 1 aliphatic rings. The Labute approximate surface area is 115 Å². The molecule has 1 fully saturated rings. The maximum atomic E-state index is 12.1. The lowest BCUT2D eigenvalue weighted by atomic mass is 10.4. The average molecular weight is 273 g/mol. The fraction of sp³-hybridized carbons (Fsp3) is 0.385. The lowest BCUT2D eigenvalue weighted by Crippen LogP contribution is -2.35. The third kappa shape index (κ3) is 2.47. The summed E-state index contributed by atoms with van der Waals surface area (Å²) in [5.41, 5.74) is -0.284. The molecule has 2 aromatic heterocycles. The molecule has 1 saturated heterocycles. The van der Waals surface area contributed by atoms with E-state index >= 15 is 0 Å². The van der Waals surface area contributed by atoms with Crippen molar-refractivity contribution in [1.82, 2.24) is 24.5 Å². The topological polar surface area (TPSA) is 73.0 Å². The van der Waals surface area contributed by atoms with Crippen molar-refractivity contribution in [3.8, 4) is 5.82 Å². The fourth-order valence-electron chi connectivity index (χ4n) is 2.27. The van der Waals surface area contributed by atoms with E-state index in [0.717, 1.165) is 25.9 Å². The van der Waals surface area contributed by atoms with Gasteiger partial charge in [0.2, 0.25) is 5.91 Å². The lowest BCUT2D eigenvalue weighted by molar-refractivity contribution is -0.131. The van der Waals surface area contributed by atoms with E-state index in [4.69, 9.17) is 0 Å². The molecule has 0 bridgehead atoms. The van der Waals surface area contributed by atoms with Gasteiger partial charge in [0.1, 0.15) is 6.54 Å². The van der Waals surface area contributed by atoms with Crippen molar-refractivity contribution >= 4 is 5.91 Å². The van der Waals surface area contributed by atoms with Gasteiger partial charge >= 0.3 is 0 Å². The van der Waals surface area contributed by atoms with Crippen molar-refractivity contribution in [3.05, 3.63) is 40.9 Å². The molecule has 7 nitrogen and oxygen atoms in total. The molecule has 0 radical (unpaired) electrons. The first kappa shape index (κ1) is 12.6. The van der Waals surface area contributed by atoms with E-state index in [-0.39, 0.29) is 18.0 Å². The van der Waals surface area contributed by atoms with Crippen LogP contribution < -0.4 is 5.56 Å². The molecular formula is C13H15N5O2. The molecule has 7 heteroatoms. The number of nitrogens with zero attached hydrogens (tertiary/aromatic N) is 5. The molecule has 0 saturated carbocycles. The summed E-state index contributed by atoms with van der Waals surface area (Å²) in [6.45, 7) is 1.52. The summed E-state index contributed by atoms with van der Waals surface area (Å²) in [6, 6.07) is 4.76. The van der Waals surface area contributed by atoms with Crippen molar-refractivity contribution < 1.29 is 4.79 Å². The Bertz CT molecular complexity index is 656. The van der Waals surface area contributed by atoms with Gasteiger partial charge in [0.25, 0.3) is 5.56 Å². The summed E-state index contributed by atoms with van der Waals surface area (Å²) < 4.78 is 2.74. The minimum atomic E-state index is -0.284. The van der Waals surface area contributed by atoms with E-state index in [1.807, 2.05) is 0 Å². The molecule has 0 unspecified atom stereocenters. The number of amides is 1. The molecule has 104 valence electrons. The van der Waals surface area contributed by atoms with E-state index in [0.29, 0.717) is 5.82 Å². The van der Waals surface area contributed by atoms with E-state index in [1.54, 1.807) is 34.1 Å². The largest absolute Gasteiger partial charge is 0.341 e. The molecule has 0 aliphatic carbocycles. The van der Waals surface area contributed by atoms with Gasteiger partial charge in [-0.15, -0.1) is 5.10 Å². The van der Waals surface area contributed by atoms with Gasteiger partial charge in [0.15, 0.2) is 5.82 Å². The first-order valence-electron chi connectivity index (χ1n) is 6.60. The van der Waals surface area contributed by atoms with E-state index < -0.39 is 0 Å². The van der Waals surface area contributed by atoms with Crippen LogP contribution in [0.3, 0.4) is 0 Å². The van der Waals surface area contributed by atoms with Crippen LogP contribution in [0.1, 0.15) is 12.8 Å². The summed E-state index contributed by atoms with van der Waals surface area (Å²) >= 11 is 0. The zero-order valence-electron chi connectivity index (χ0n) is 11.0. The minimum absolute atomic E-state index is 0.0199. The molecule has 3 rings (SSSR count). The number of likely N-dealkylation sites (tertiary alicyclic amines) is 1. The van der Waals surface area contributed by atoms with Gasteiger partial charge in [0.05, 0.1) is 0 Å². The Hall–Kier alpha value is -2.44. The Morgan fingerprint density at radius 2 is 2.05 bits per heavy atom. The quantitative estimate of drug-likeness (QED) is 0.792. The van der Waals surface area contributed by atoms with Crippen LogP contribution in [0.15, 0.2) is 35.4 Å². The van der Waals surface area contributed by atoms with Crippen LogP contribution >= 0.6 is 0 Å². The highest BCUT2D eigenvalue weighted by Crippen LogP contribution is 2.08. The van der Waals surface area contributed by atoms with Crippen LogP contribution in [-0.4, -0.2) is 43.5 Å². The second kappa shape index (κ2) is 5.28. The van der Waals surface area contributed by atoms with Gasteiger partial charge in [-0.05, 0) is 25.0 Å². The Kier molecular flexibility index (Phi) is 3.32. The smallest absolute Gasteiger partial charge is 0.267 e. The van der Waals surface area contributed by atoms with Gasteiger partial charge in [-0.3, -0.25) is 9.59 Å². The standard InChI is InChI=1S/C13H15N5O2/c19-12-5-4-11(17-9-3-6-14-17)15-18(12)10-13(20)16-7-1-2-8-16/h3-6,9H,1-2,7-8,10H2. The fourth-order valence-corrected chi connectivity index (χ4v) is 2.27. The average Bonchev–Trinajstić information content (AvgIpc) is 3.14. The summed E-state index contributed by atoms with van der Waals surface area (Å²) in [5.74, 6) is 0.457. The maximum Gasteiger partial charge on any atom is 0.267 e. The highest BCUT2D eigenvalue weighted by atomic mass is 16.2. The first-order chi connectivity index (χ1) is 9.74. The number of aromatic nitrogens is 4. The van der Waals surface area contributed by atoms with Gasteiger partial charge in [-0.1, -0.05) is 0 Å². The summed E-state index contributed by atoms with van der Waals surface area (Å²) in [5, 5.41) is 8.24. The van der Waals surface area contributed by atoms with Crippen molar-refractivity contribution in [2.75, 3.05) is 13.1 Å². The van der Waals surface area contributed by atoms with Crippen molar-refractivity contribution in [1.29, 1.82) is 0 Å². The Morgan fingerprint density at radius 1 is 1.25 bits per heavy atom. The molecule has 0 atom stereocenters. The number of carbonyl (C=O) groups is 1. The van der Waals surface area contributed by atoms with Gasteiger partial charge in [0, 0.05) is 31.5 Å². The Morgan fingerprint density at radius 3 is 2.75 bits per heavy atom. The predicted molar refractivity (Wildman–Crippen MR) is 71.4 cm³/mol. The molecule has 3 heterocycles. The van der Waals surface area contributed by atoms with Crippen molar-refractivity contribution in [2.45, 2.75) is 19.4 Å². The normalized spacial score (nSPS) is 14.7. The second-order valence-corrected chi connectivity index (χ2v) is 4.73. The van der Waals surface area contributed by atoms with Gasteiger partial charge in [-0.25, -0.2) is 9.36 Å². The van der Waals surface area contributed by atoms with Crippen molar-refractivity contribution in [3.63, 3.8) is 0 Å². The molecule has 2 aromatic rings. The highest BCUT2D eigenvalue weighted by Gasteiger charge is 2.19. The highest BCUT2D eigenvalue weighted by molar-refractivity contribution is 5.76.